The molecule has 1 amide bonds. The summed E-state index contributed by atoms with van der Waals surface area (Å²) in [6.07, 6.45) is 0. The van der Waals surface area contributed by atoms with Gasteiger partial charge in [-0.05, 0) is 12.1 Å². The van der Waals surface area contributed by atoms with Gasteiger partial charge >= 0.3 is 0 Å². The van der Waals surface area contributed by atoms with E-state index in [-0.39, 0.29) is 12.5 Å². The van der Waals surface area contributed by atoms with Crippen molar-refractivity contribution in [1.82, 2.24) is 5.32 Å². The van der Waals surface area contributed by atoms with Crippen LogP contribution in [0.15, 0.2) is 30.3 Å². The van der Waals surface area contributed by atoms with Gasteiger partial charge in [0.1, 0.15) is 0 Å². The van der Waals surface area contributed by atoms with Crippen molar-refractivity contribution in [3.63, 3.8) is 0 Å². The lowest BCUT2D eigenvalue weighted by Gasteiger charge is -2.05. The average molecular weight is 209 g/mol. The molecule has 1 aromatic rings. The molecular formula is C11H15NO3. The van der Waals surface area contributed by atoms with Gasteiger partial charge in [-0.1, -0.05) is 18.2 Å². The molecule has 0 aromatic heterocycles. The molecule has 2 N–H and O–H groups in total. The Morgan fingerprint density at radius 2 is 2.00 bits per heavy atom. The number of nitrogens with one attached hydrogen (secondary N) is 1. The van der Waals surface area contributed by atoms with Gasteiger partial charge in [-0.25, -0.2) is 0 Å². The van der Waals surface area contributed by atoms with Crippen LogP contribution in [0.5, 0.6) is 0 Å². The lowest BCUT2D eigenvalue weighted by atomic mass is 10.2. The molecule has 1 rings (SSSR count). The molecule has 0 aliphatic heterocycles. The van der Waals surface area contributed by atoms with E-state index in [1.54, 1.807) is 12.1 Å². The summed E-state index contributed by atoms with van der Waals surface area (Å²) in [6, 6.07) is 9.00. The first-order valence-corrected chi connectivity index (χ1v) is 4.86. The smallest absolute Gasteiger partial charge is 0.251 e. The van der Waals surface area contributed by atoms with E-state index in [4.69, 9.17) is 9.84 Å². The van der Waals surface area contributed by atoms with Crippen LogP contribution >= 0.6 is 0 Å². The molecule has 0 saturated heterocycles. The maximum atomic E-state index is 11.5. The van der Waals surface area contributed by atoms with Crippen LogP contribution in [0.25, 0.3) is 0 Å². The van der Waals surface area contributed by atoms with Crippen molar-refractivity contribution in [3.8, 4) is 0 Å². The van der Waals surface area contributed by atoms with Gasteiger partial charge in [0.15, 0.2) is 0 Å². The molecule has 0 bridgehead atoms. The zero-order chi connectivity index (χ0) is 10.9. The zero-order valence-corrected chi connectivity index (χ0v) is 8.48. The zero-order valence-electron chi connectivity index (χ0n) is 8.48. The van der Waals surface area contributed by atoms with Crippen molar-refractivity contribution in [1.29, 1.82) is 0 Å². The maximum Gasteiger partial charge on any atom is 0.251 e. The molecule has 0 unspecified atom stereocenters. The van der Waals surface area contributed by atoms with E-state index < -0.39 is 0 Å². The molecule has 15 heavy (non-hydrogen) atoms. The van der Waals surface area contributed by atoms with Gasteiger partial charge in [-0.3, -0.25) is 4.79 Å². The number of ether oxygens (including phenoxy) is 1. The molecule has 1 aromatic carbocycles. The van der Waals surface area contributed by atoms with Gasteiger partial charge in [-0.2, -0.15) is 0 Å². The van der Waals surface area contributed by atoms with E-state index in [1.807, 2.05) is 18.2 Å². The first-order valence-electron chi connectivity index (χ1n) is 4.86. The van der Waals surface area contributed by atoms with Crippen molar-refractivity contribution in [3.05, 3.63) is 35.9 Å². The minimum Gasteiger partial charge on any atom is -0.394 e. The van der Waals surface area contributed by atoms with Gasteiger partial charge < -0.3 is 15.2 Å². The minimum absolute atomic E-state index is 0.00658. The number of carbonyl (C=O) groups excluding carboxylic acids is 1. The van der Waals surface area contributed by atoms with Crippen molar-refractivity contribution >= 4 is 5.91 Å². The Bertz CT molecular complexity index is 287. The molecule has 0 spiro atoms. The quantitative estimate of drug-likeness (QED) is 0.668. The molecule has 0 radical (unpaired) electrons. The van der Waals surface area contributed by atoms with Crippen molar-refractivity contribution in [2.24, 2.45) is 0 Å². The summed E-state index contributed by atoms with van der Waals surface area (Å²) in [5.74, 6) is -0.108. The predicted octanol–water partition coefficient (Wildman–Crippen LogP) is 0.425. The fourth-order valence-corrected chi connectivity index (χ4v) is 1.09. The largest absolute Gasteiger partial charge is 0.394 e. The van der Waals surface area contributed by atoms with Crippen LogP contribution in [0, 0.1) is 0 Å². The summed E-state index contributed by atoms with van der Waals surface area (Å²) < 4.78 is 5.00. The Kier molecular flexibility index (Phi) is 5.43. The van der Waals surface area contributed by atoms with E-state index in [0.29, 0.717) is 25.3 Å². The standard InChI is InChI=1S/C11H15NO3/c13-7-9-15-8-6-12-11(14)10-4-2-1-3-5-10/h1-5,13H,6-9H2,(H,12,14). The first kappa shape index (κ1) is 11.7. The van der Waals surface area contributed by atoms with Gasteiger partial charge in [0.05, 0.1) is 19.8 Å². The molecule has 4 nitrogen and oxygen atoms in total. The third-order valence-electron chi connectivity index (χ3n) is 1.80. The lowest BCUT2D eigenvalue weighted by molar-refractivity contribution is 0.0838. The van der Waals surface area contributed by atoms with E-state index >= 15 is 0 Å². The average Bonchev–Trinajstić information content (AvgIpc) is 2.30. The number of aliphatic hydroxyl groups is 1. The molecule has 0 aliphatic carbocycles. The minimum atomic E-state index is -0.108. The summed E-state index contributed by atoms with van der Waals surface area (Å²) in [5, 5.41) is 11.2. The van der Waals surface area contributed by atoms with E-state index in [2.05, 4.69) is 5.32 Å². The summed E-state index contributed by atoms with van der Waals surface area (Å²) in [4.78, 5) is 11.5. The molecule has 0 atom stereocenters. The van der Waals surface area contributed by atoms with Crippen molar-refractivity contribution in [2.75, 3.05) is 26.4 Å². The number of rotatable bonds is 6. The number of aliphatic hydroxyl groups excluding tert-OH is 1. The highest BCUT2D eigenvalue weighted by atomic mass is 16.5. The molecule has 0 saturated carbocycles. The van der Waals surface area contributed by atoms with E-state index in [1.165, 1.54) is 0 Å². The molecule has 4 heteroatoms. The topological polar surface area (TPSA) is 58.6 Å². The normalized spacial score (nSPS) is 9.93. The summed E-state index contributed by atoms with van der Waals surface area (Å²) in [6.45, 7) is 1.18. The summed E-state index contributed by atoms with van der Waals surface area (Å²) >= 11 is 0. The number of hydrogen-bond donors (Lipinski definition) is 2. The van der Waals surface area contributed by atoms with E-state index in [0.717, 1.165) is 0 Å². The van der Waals surface area contributed by atoms with Crippen LogP contribution in [-0.2, 0) is 4.74 Å². The number of carbonyl (C=O) groups is 1. The molecular weight excluding hydrogens is 194 g/mol. The van der Waals surface area contributed by atoms with Crippen LogP contribution < -0.4 is 5.32 Å². The Balaban J connectivity index is 2.20. The number of benzene rings is 1. The second kappa shape index (κ2) is 6.98. The van der Waals surface area contributed by atoms with Crippen LogP contribution in [0.3, 0.4) is 0 Å². The van der Waals surface area contributed by atoms with Crippen LogP contribution in [0.1, 0.15) is 10.4 Å². The van der Waals surface area contributed by atoms with Crippen LogP contribution in [-0.4, -0.2) is 37.4 Å². The predicted molar refractivity (Wildman–Crippen MR) is 56.7 cm³/mol. The summed E-state index contributed by atoms with van der Waals surface area (Å²) in [5.41, 5.74) is 0.639. The fraction of sp³-hybridized carbons (Fsp3) is 0.364. The maximum absolute atomic E-state index is 11.5. The SMILES string of the molecule is O=C(NCCOCCO)c1ccccc1. The Morgan fingerprint density at radius 3 is 2.67 bits per heavy atom. The second-order valence-electron chi connectivity index (χ2n) is 2.96. The van der Waals surface area contributed by atoms with Crippen LogP contribution in [0.2, 0.25) is 0 Å². The van der Waals surface area contributed by atoms with Gasteiger partial charge in [0, 0.05) is 12.1 Å². The number of hydrogen-bond acceptors (Lipinski definition) is 3. The Labute approximate surface area is 88.9 Å². The third kappa shape index (κ3) is 4.58. The van der Waals surface area contributed by atoms with Crippen molar-refractivity contribution < 1.29 is 14.6 Å². The highest BCUT2D eigenvalue weighted by Gasteiger charge is 2.02. The van der Waals surface area contributed by atoms with Gasteiger partial charge in [0.2, 0.25) is 0 Å². The number of amides is 1. The molecule has 0 heterocycles. The fourth-order valence-electron chi connectivity index (χ4n) is 1.09. The monoisotopic (exact) mass is 209 g/mol. The molecule has 0 fully saturated rings. The Morgan fingerprint density at radius 1 is 1.27 bits per heavy atom. The van der Waals surface area contributed by atoms with Crippen LogP contribution in [0.4, 0.5) is 0 Å². The lowest BCUT2D eigenvalue weighted by Crippen LogP contribution is -2.27. The van der Waals surface area contributed by atoms with Gasteiger partial charge in [0.25, 0.3) is 5.91 Å². The van der Waals surface area contributed by atoms with E-state index in [9.17, 15) is 4.79 Å². The highest BCUT2D eigenvalue weighted by Crippen LogP contribution is 1.97. The van der Waals surface area contributed by atoms with Gasteiger partial charge in [-0.15, -0.1) is 0 Å². The molecule has 0 aliphatic rings. The highest BCUT2D eigenvalue weighted by molar-refractivity contribution is 5.94. The summed E-state index contributed by atoms with van der Waals surface area (Å²) in [7, 11) is 0. The third-order valence-corrected chi connectivity index (χ3v) is 1.80. The second-order valence-corrected chi connectivity index (χ2v) is 2.96. The first-order chi connectivity index (χ1) is 7.34. The molecule has 82 valence electrons. The van der Waals surface area contributed by atoms with Crippen molar-refractivity contribution in [2.45, 2.75) is 0 Å². The Hall–Kier alpha value is -1.39.